The Hall–Kier alpha value is -2.75. The molecule has 1 N–H and O–H groups in total. The van der Waals surface area contributed by atoms with Crippen molar-refractivity contribution in [3.63, 3.8) is 0 Å². The number of carbonyl (C=O) groups excluding carboxylic acids is 3. The van der Waals surface area contributed by atoms with Crippen molar-refractivity contribution < 1.29 is 65.7 Å². The molecule has 0 saturated carbocycles. The Labute approximate surface area is 351 Å². The Bertz CT molecular complexity index is 1660. The summed E-state index contributed by atoms with van der Waals surface area (Å²) in [5.41, 5.74) is -1.23. The molecule has 1 heterocycles. The summed E-state index contributed by atoms with van der Waals surface area (Å²) in [7, 11) is -10.2. The fourth-order valence-corrected chi connectivity index (χ4v) is 9.13. The highest BCUT2D eigenvalue weighted by atomic mass is 31.2. The van der Waals surface area contributed by atoms with Gasteiger partial charge in [0.1, 0.15) is 0 Å². The van der Waals surface area contributed by atoms with E-state index in [0.29, 0.717) is 13.0 Å². The zero-order valence-corrected chi connectivity index (χ0v) is 40.0. The summed E-state index contributed by atoms with van der Waals surface area (Å²) < 4.78 is 76.8. The van der Waals surface area contributed by atoms with Crippen molar-refractivity contribution in [2.45, 2.75) is 154 Å². The van der Waals surface area contributed by atoms with Crippen LogP contribution in [0.4, 0.5) is 0 Å². The van der Waals surface area contributed by atoms with E-state index in [4.69, 9.17) is 37.0 Å². The molecule has 3 unspecified atom stereocenters. The van der Waals surface area contributed by atoms with Crippen LogP contribution in [-0.4, -0.2) is 76.4 Å². The van der Waals surface area contributed by atoms with Gasteiger partial charge in [0.25, 0.3) is 0 Å². The Morgan fingerprint density at radius 1 is 0.695 bits per heavy atom. The number of aliphatic hydroxyl groups excluding tert-OH is 1. The highest BCUT2D eigenvalue weighted by Crippen LogP contribution is 2.78. The van der Waals surface area contributed by atoms with Gasteiger partial charge in [-0.2, -0.15) is 0 Å². The minimum Gasteiger partial charge on any atom is -0.438 e. The van der Waals surface area contributed by atoms with Crippen molar-refractivity contribution in [1.82, 2.24) is 15.0 Å². The molecule has 0 amide bonds. The van der Waals surface area contributed by atoms with Crippen LogP contribution in [0.1, 0.15) is 136 Å². The molecule has 1 aromatic heterocycles. The van der Waals surface area contributed by atoms with Gasteiger partial charge in [-0.25, -0.2) is 0 Å². The lowest BCUT2D eigenvalue weighted by molar-refractivity contribution is -0.193. The number of nitrogens with zero attached hydrogens (tertiary/aromatic N) is 3. The van der Waals surface area contributed by atoms with Crippen LogP contribution in [-0.2, 0) is 73.5 Å². The molecular formula is C40H71N3O14P2. The van der Waals surface area contributed by atoms with Crippen LogP contribution in [0.15, 0.2) is 29.5 Å². The summed E-state index contributed by atoms with van der Waals surface area (Å²) in [4.78, 5) is 35.8. The summed E-state index contributed by atoms with van der Waals surface area (Å²) in [5, 5.41) is 19.1. The van der Waals surface area contributed by atoms with Crippen LogP contribution < -0.4 is 0 Å². The van der Waals surface area contributed by atoms with Gasteiger partial charge in [0.15, 0.2) is 18.0 Å². The summed E-state index contributed by atoms with van der Waals surface area (Å²) >= 11 is 0. The van der Waals surface area contributed by atoms with Crippen molar-refractivity contribution in [2.24, 2.45) is 21.7 Å². The second kappa shape index (κ2) is 22.4. The lowest BCUT2D eigenvalue weighted by Crippen LogP contribution is -2.36. The standard InChI is InChI=1S/C40H71N3O14P2/c1-29(2)19-17-20-30(3)21-18-22-43-24-31(41-42-43)23-40(16,58(48,54-25-50-32(44)36(4,5)6)55-26-51-33(45)37(7,8)9)59(49,56-27-52-34(46)38(10,11)12)57-28-53-35(47)39(13,14)15/h19,21,24,32,44H,17-18,20,22-23,25-28H2,1-16H3/b30-21-. The first kappa shape index (κ1) is 54.3. The van der Waals surface area contributed by atoms with E-state index in [1.165, 1.54) is 24.3 Å². The van der Waals surface area contributed by atoms with Crippen LogP contribution in [0.5, 0.6) is 0 Å². The minimum absolute atomic E-state index is 0.123. The third kappa shape index (κ3) is 18.0. The van der Waals surface area contributed by atoms with Gasteiger partial charge in [-0.3, -0.25) is 46.3 Å². The zero-order chi connectivity index (χ0) is 45.7. The molecule has 0 aliphatic rings. The third-order valence-corrected chi connectivity index (χ3v) is 14.4. The van der Waals surface area contributed by atoms with Crippen LogP contribution >= 0.6 is 15.2 Å². The van der Waals surface area contributed by atoms with E-state index in [1.54, 1.807) is 87.8 Å². The highest BCUT2D eigenvalue weighted by Gasteiger charge is 2.63. The van der Waals surface area contributed by atoms with E-state index in [-0.39, 0.29) is 5.69 Å². The normalized spacial score (nSPS) is 15.8. The number of hydrogen-bond donors (Lipinski definition) is 1. The van der Waals surface area contributed by atoms with Crippen LogP contribution in [0, 0.1) is 21.7 Å². The van der Waals surface area contributed by atoms with E-state index < -0.39 is 99.5 Å². The number of aromatic nitrogens is 3. The number of esters is 3. The Kier molecular flexibility index (Phi) is 20.6. The predicted molar refractivity (Wildman–Crippen MR) is 221 cm³/mol. The third-order valence-electron chi connectivity index (χ3n) is 8.49. The second-order valence-corrected chi connectivity index (χ2v) is 24.3. The fraction of sp³-hybridized carbons (Fsp3) is 0.775. The first-order valence-corrected chi connectivity index (χ1v) is 22.6. The van der Waals surface area contributed by atoms with Crippen LogP contribution in [0.3, 0.4) is 0 Å². The summed E-state index contributed by atoms with van der Waals surface area (Å²) in [6, 6.07) is 0. The second-order valence-electron chi connectivity index (χ2n) is 18.9. The molecule has 0 bridgehead atoms. The molecule has 0 aliphatic carbocycles. The zero-order valence-electron chi connectivity index (χ0n) is 38.2. The summed E-state index contributed by atoms with van der Waals surface area (Å²) in [6.45, 7) is 23.3. The number of allylic oxidation sites excluding steroid dienone is 4. The van der Waals surface area contributed by atoms with Crippen molar-refractivity contribution in [3.8, 4) is 0 Å². The molecule has 19 heteroatoms. The maximum atomic E-state index is 15.4. The van der Waals surface area contributed by atoms with E-state index in [0.717, 1.165) is 12.8 Å². The van der Waals surface area contributed by atoms with Crippen LogP contribution in [0.2, 0.25) is 0 Å². The Morgan fingerprint density at radius 2 is 1.12 bits per heavy atom. The monoisotopic (exact) mass is 879 g/mol. The molecule has 17 nitrogen and oxygen atoms in total. The predicted octanol–water partition coefficient (Wildman–Crippen LogP) is 9.05. The Morgan fingerprint density at radius 3 is 1.51 bits per heavy atom. The molecule has 0 spiro atoms. The number of rotatable bonds is 23. The van der Waals surface area contributed by atoms with Gasteiger partial charge in [-0.05, 0) is 109 Å². The maximum absolute atomic E-state index is 15.4. The van der Waals surface area contributed by atoms with E-state index in [9.17, 15) is 19.5 Å². The SMILES string of the molecule is CC(C)=CCC/C(C)=C\CCn1cc(CC(C)(P(=O)(OCOC(=O)C(C)(C)C)OCOC(=O)C(C)(C)C)P(=O)(OCOC(=O)C(C)(C)C)OCOC(O)C(C)(C)C)nn1. The largest absolute Gasteiger partial charge is 0.438 e. The molecular weight excluding hydrogens is 808 g/mol. The molecule has 59 heavy (non-hydrogen) atoms. The quantitative estimate of drug-likeness (QED) is 0.0357. The number of hydrogen-bond acceptors (Lipinski definition) is 16. The molecule has 1 rings (SSSR count). The van der Waals surface area contributed by atoms with Gasteiger partial charge in [0, 0.05) is 24.6 Å². The van der Waals surface area contributed by atoms with Gasteiger partial charge in [0.2, 0.25) is 20.4 Å². The van der Waals surface area contributed by atoms with Gasteiger partial charge >= 0.3 is 33.1 Å². The molecule has 0 saturated heterocycles. The molecule has 1 aromatic rings. The number of carbonyl (C=O) groups is 3. The first-order valence-electron chi connectivity index (χ1n) is 19.6. The van der Waals surface area contributed by atoms with E-state index in [2.05, 4.69) is 36.3 Å². The maximum Gasteiger partial charge on any atom is 0.354 e. The fourth-order valence-electron chi connectivity index (χ4n) is 4.49. The molecule has 0 fully saturated rings. The Balaban J connectivity index is 3.89. The number of ether oxygens (including phenoxy) is 4. The first-order chi connectivity index (χ1) is 26.8. The smallest absolute Gasteiger partial charge is 0.354 e. The van der Waals surface area contributed by atoms with Crippen LogP contribution in [0.25, 0.3) is 0 Å². The average molecular weight is 880 g/mol. The molecule has 340 valence electrons. The topological polar surface area (TPSA) is 210 Å². The number of aryl methyl sites for hydroxylation is 1. The van der Waals surface area contributed by atoms with Crippen molar-refractivity contribution in [2.75, 3.05) is 27.2 Å². The molecule has 3 atom stereocenters. The molecule has 0 radical (unpaired) electrons. The number of aliphatic hydroxyl groups is 1. The van der Waals surface area contributed by atoms with Gasteiger partial charge in [0.05, 0.1) is 21.9 Å². The van der Waals surface area contributed by atoms with Gasteiger partial charge < -0.3 is 24.1 Å². The van der Waals surface area contributed by atoms with Crippen molar-refractivity contribution >= 4 is 33.1 Å². The van der Waals surface area contributed by atoms with E-state index in [1.807, 2.05) is 6.92 Å². The highest BCUT2D eigenvalue weighted by molar-refractivity contribution is 7.74. The molecule has 0 aliphatic heterocycles. The molecule has 0 aromatic carbocycles. The van der Waals surface area contributed by atoms with Gasteiger partial charge in [-0.1, -0.05) is 49.3 Å². The summed E-state index contributed by atoms with van der Waals surface area (Å²) in [5.74, 6) is -2.19. The summed E-state index contributed by atoms with van der Waals surface area (Å²) in [6.07, 6.45) is 6.25. The van der Waals surface area contributed by atoms with Crippen molar-refractivity contribution in [1.29, 1.82) is 0 Å². The lowest BCUT2D eigenvalue weighted by Gasteiger charge is -2.39. The van der Waals surface area contributed by atoms with Gasteiger partial charge in [-0.15, -0.1) is 5.10 Å². The minimum atomic E-state index is -5.10. The average Bonchev–Trinajstić information content (AvgIpc) is 3.52. The lowest BCUT2D eigenvalue weighted by atomic mass is 9.96. The van der Waals surface area contributed by atoms with Crippen molar-refractivity contribution in [3.05, 3.63) is 35.2 Å². The van der Waals surface area contributed by atoms with E-state index >= 15 is 9.13 Å².